The minimum Gasteiger partial charge on any atom is -0.355 e. The number of nitrogens with zero attached hydrogens (tertiary/aromatic N) is 1. The largest absolute Gasteiger partial charge is 0.355 e. The lowest BCUT2D eigenvalue weighted by Crippen LogP contribution is -2.41. The second-order valence-electron chi connectivity index (χ2n) is 7.78. The minimum atomic E-state index is -0.873. The van der Waals surface area contributed by atoms with E-state index in [1.54, 1.807) is 18.0 Å². The minimum absolute atomic E-state index is 0.237. The molecular formula is C26H34N2O2. The van der Waals surface area contributed by atoms with E-state index < -0.39 is 5.92 Å². The van der Waals surface area contributed by atoms with Crippen molar-refractivity contribution in [3.63, 3.8) is 0 Å². The molecule has 0 spiro atoms. The Hall–Kier alpha value is -2.88. The molecule has 160 valence electrons. The van der Waals surface area contributed by atoms with Crippen molar-refractivity contribution >= 4 is 23.1 Å². The molecular weight excluding hydrogens is 372 g/mol. The number of allylic oxidation sites excluding steroid dienone is 1. The van der Waals surface area contributed by atoms with Gasteiger partial charge in [-0.2, -0.15) is 0 Å². The zero-order chi connectivity index (χ0) is 21.9. The van der Waals surface area contributed by atoms with E-state index in [1.807, 2.05) is 62.4 Å². The second-order valence-corrected chi connectivity index (χ2v) is 7.78. The van der Waals surface area contributed by atoms with Gasteiger partial charge in [-0.25, -0.2) is 0 Å². The number of aryl methyl sites for hydroxylation is 1. The second kappa shape index (κ2) is 12.0. The highest BCUT2D eigenvalue weighted by atomic mass is 16.2. The first-order chi connectivity index (χ1) is 14.4. The quantitative estimate of drug-likeness (QED) is 0.426. The van der Waals surface area contributed by atoms with Gasteiger partial charge in [0.15, 0.2) is 0 Å². The Morgan fingerprint density at radius 3 is 2.43 bits per heavy atom. The van der Waals surface area contributed by atoms with Gasteiger partial charge >= 0.3 is 0 Å². The van der Waals surface area contributed by atoms with Crippen LogP contribution >= 0.6 is 0 Å². The maximum Gasteiger partial charge on any atom is 0.243 e. The van der Waals surface area contributed by atoms with Crippen LogP contribution in [0.3, 0.4) is 0 Å². The van der Waals surface area contributed by atoms with E-state index in [1.165, 1.54) is 0 Å². The number of anilines is 1. The third kappa shape index (κ3) is 6.87. The number of carbonyl (C=O) groups excluding carboxylic acids is 2. The van der Waals surface area contributed by atoms with Gasteiger partial charge in [-0.3, -0.25) is 9.59 Å². The molecule has 0 heterocycles. The smallest absolute Gasteiger partial charge is 0.243 e. The fraction of sp³-hybridized carbons (Fsp3) is 0.385. The number of carbonyl (C=O) groups is 2. The molecule has 2 rings (SSSR count). The summed E-state index contributed by atoms with van der Waals surface area (Å²) >= 11 is 0. The Morgan fingerprint density at radius 1 is 1.03 bits per heavy atom. The molecule has 0 aromatic heterocycles. The van der Waals surface area contributed by atoms with Crippen LogP contribution in [0, 0.1) is 12.8 Å². The standard InChI is InChI=1S/C26H34N2O2/c1-5-6-7-11-17-27-25(29)24(19-21(3)22-14-12-13-20(2)18-22)26(30)28(4)23-15-9-8-10-16-23/h8-10,12-16,18-19,24H,5-7,11,17H2,1-4H3,(H,27,29)/b21-19+. The van der Waals surface area contributed by atoms with Gasteiger partial charge in [0.05, 0.1) is 0 Å². The summed E-state index contributed by atoms with van der Waals surface area (Å²) in [7, 11) is 1.72. The Labute approximate surface area is 181 Å². The molecule has 1 atom stereocenters. The van der Waals surface area contributed by atoms with Crippen LogP contribution in [0.25, 0.3) is 5.57 Å². The molecule has 0 fully saturated rings. The highest BCUT2D eigenvalue weighted by molar-refractivity contribution is 6.09. The predicted molar refractivity (Wildman–Crippen MR) is 125 cm³/mol. The van der Waals surface area contributed by atoms with E-state index in [0.29, 0.717) is 6.54 Å². The van der Waals surface area contributed by atoms with Crippen LogP contribution in [0.4, 0.5) is 5.69 Å². The number of hydrogen-bond acceptors (Lipinski definition) is 2. The molecule has 0 bridgehead atoms. The van der Waals surface area contributed by atoms with Gasteiger partial charge < -0.3 is 10.2 Å². The lowest BCUT2D eigenvalue weighted by atomic mass is 9.98. The maximum atomic E-state index is 13.3. The topological polar surface area (TPSA) is 49.4 Å². The van der Waals surface area contributed by atoms with Crippen molar-refractivity contribution in [2.75, 3.05) is 18.5 Å². The molecule has 2 amide bonds. The molecule has 4 nitrogen and oxygen atoms in total. The van der Waals surface area contributed by atoms with Gasteiger partial charge in [-0.15, -0.1) is 0 Å². The van der Waals surface area contributed by atoms with E-state index in [0.717, 1.165) is 48.1 Å². The number of hydrogen-bond donors (Lipinski definition) is 1. The van der Waals surface area contributed by atoms with Crippen LogP contribution in [0.2, 0.25) is 0 Å². The zero-order valence-corrected chi connectivity index (χ0v) is 18.7. The van der Waals surface area contributed by atoms with Crippen molar-refractivity contribution < 1.29 is 9.59 Å². The van der Waals surface area contributed by atoms with Crippen LogP contribution in [-0.4, -0.2) is 25.4 Å². The predicted octanol–water partition coefficient (Wildman–Crippen LogP) is 5.37. The van der Waals surface area contributed by atoms with Crippen LogP contribution in [-0.2, 0) is 9.59 Å². The van der Waals surface area contributed by atoms with Crippen LogP contribution < -0.4 is 10.2 Å². The average molecular weight is 407 g/mol. The lowest BCUT2D eigenvalue weighted by molar-refractivity contribution is -0.131. The fourth-order valence-corrected chi connectivity index (χ4v) is 3.36. The Morgan fingerprint density at radius 2 is 1.77 bits per heavy atom. The normalized spacial score (nSPS) is 12.3. The van der Waals surface area contributed by atoms with Crippen LogP contribution in [0.15, 0.2) is 60.7 Å². The molecule has 1 unspecified atom stereocenters. The summed E-state index contributed by atoms with van der Waals surface area (Å²) in [6.07, 6.45) is 6.10. The molecule has 1 N–H and O–H groups in total. The lowest BCUT2D eigenvalue weighted by Gasteiger charge is -2.22. The maximum absolute atomic E-state index is 13.3. The first-order valence-electron chi connectivity index (χ1n) is 10.8. The third-order valence-electron chi connectivity index (χ3n) is 5.24. The van der Waals surface area contributed by atoms with E-state index in [-0.39, 0.29) is 11.8 Å². The average Bonchev–Trinajstić information content (AvgIpc) is 2.76. The number of amides is 2. The highest BCUT2D eigenvalue weighted by Crippen LogP contribution is 2.21. The Kier molecular flexibility index (Phi) is 9.33. The van der Waals surface area contributed by atoms with Gasteiger partial charge in [0.1, 0.15) is 5.92 Å². The molecule has 0 saturated carbocycles. The number of benzene rings is 2. The van der Waals surface area contributed by atoms with Crippen molar-refractivity contribution in [2.24, 2.45) is 5.92 Å². The van der Waals surface area contributed by atoms with Crippen molar-refractivity contribution in [1.82, 2.24) is 5.32 Å². The number of nitrogens with one attached hydrogen (secondary N) is 1. The molecule has 0 radical (unpaired) electrons. The summed E-state index contributed by atoms with van der Waals surface area (Å²) < 4.78 is 0. The first kappa shape index (κ1) is 23.4. The van der Waals surface area contributed by atoms with Crippen molar-refractivity contribution in [1.29, 1.82) is 0 Å². The first-order valence-corrected chi connectivity index (χ1v) is 10.8. The van der Waals surface area contributed by atoms with E-state index in [4.69, 9.17) is 0 Å². The monoisotopic (exact) mass is 406 g/mol. The molecule has 0 aliphatic rings. The fourth-order valence-electron chi connectivity index (χ4n) is 3.36. The van der Waals surface area contributed by atoms with Gasteiger partial charge in [-0.1, -0.05) is 80.3 Å². The molecule has 0 saturated heterocycles. The molecule has 2 aromatic carbocycles. The third-order valence-corrected chi connectivity index (χ3v) is 5.24. The number of unbranched alkanes of at least 4 members (excludes halogenated alkanes) is 3. The van der Waals surface area contributed by atoms with E-state index >= 15 is 0 Å². The highest BCUT2D eigenvalue weighted by Gasteiger charge is 2.28. The zero-order valence-electron chi connectivity index (χ0n) is 18.7. The summed E-state index contributed by atoms with van der Waals surface area (Å²) in [6.45, 7) is 6.73. The van der Waals surface area contributed by atoms with Gasteiger partial charge in [0, 0.05) is 19.3 Å². The molecule has 0 aliphatic carbocycles. The van der Waals surface area contributed by atoms with Crippen molar-refractivity contribution in [3.8, 4) is 0 Å². The summed E-state index contributed by atoms with van der Waals surface area (Å²) in [5, 5.41) is 2.97. The molecule has 2 aromatic rings. The Bertz CT molecular complexity index is 858. The summed E-state index contributed by atoms with van der Waals surface area (Å²) in [5.74, 6) is -1.35. The molecule has 4 heteroatoms. The van der Waals surface area contributed by atoms with E-state index in [2.05, 4.69) is 18.3 Å². The van der Waals surface area contributed by atoms with Crippen LogP contribution in [0.1, 0.15) is 50.7 Å². The van der Waals surface area contributed by atoms with E-state index in [9.17, 15) is 9.59 Å². The summed E-state index contributed by atoms with van der Waals surface area (Å²) in [6, 6.07) is 17.5. The summed E-state index contributed by atoms with van der Waals surface area (Å²) in [4.78, 5) is 27.8. The van der Waals surface area contributed by atoms with Gasteiger partial charge in [0.25, 0.3) is 0 Å². The molecule has 30 heavy (non-hydrogen) atoms. The Balaban J connectivity index is 2.23. The van der Waals surface area contributed by atoms with Crippen LogP contribution in [0.5, 0.6) is 0 Å². The number of para-hydroxylation sites is 1. The SMILES string of the molecule is CCCCCCNC(=O)C(/C=C(\C)c1cccc(C)c1)C(=O)N(C)c1ccccc1. The van der Waals surface area contributed by atoms with Crippen molar-refractivity contribution in [3.05, 3.63) is 71.8 Å². The number of rotatable bonds is 10. The van der Waals surface area contributed by atoms with Gasteiger partial charge in [0.2, 0.25) is 11.8 Å². The summed E-state index contributed by atoms with van der Waals surface area (Å²) in [5.41, 5.74) is 3.85. The molecule has 0 aliphatic heterocycles. The van der Waals surface area contributed by atoms with Gasteiger partial charge in [-0.05, 0) is 43.5 Å². The van der Waals surface area contributed by atoms with Crippen molar-refractivity contribution in [2.45, 2.75) is 46.5 Å².